The lowest BCUT2D eigenvalue weighted by Crippen LogP contribution is -2.17. The van der Waals surface area contributed by atoms with Crippen LogP contribution in [-0.2, 0) is 4.79 Å². The van der Waals surface area contributed by atoms with Crippen molar-refractivity contribution in [2.45, 2.75) is 6.92 Å². The van der Waals surface area contributed by atoms with Crippen LogP contribution < -0.4 is 10.9 Å². The van der Waals surface area contributed by atoms with Crippen molar-refractivity contribution in [1.82, 2.24) is 19.6 Å². The van der Waals surface area contributed by atoms with Gasteiger partial charge in [0.25, 0.3) is 5.56 Å². The van der Waals surface area contributed by atoms with Crippen LogP contribution in [0.3, 0.4) is 0 Å². The SMILES string of the molecule is CC(=O)Nc1ccccc1-c1nc2nc(-c3ccc(Br)cc3)cn2[nH]c1=O. The molecule has 2 aromatic heterocycles. The quantitative estimate of drug-likeness (QED) is 0.527. The summed E-state index contributed by atoms with van der Waals surface area (Å²) in [4.78, 5) is 33.0. The molecule has 134 valence electrons. The third-order valence-electron chi connectivity index (χ3n) is 3.97. The van der Waals surface area contributed by atoms with Crippen molar-refractivity contribution in [1.29, 1.82) is 0 Å². The van der Waals surface area contributed by atoms with E-state index in [0.29, 0.717) is 22.7 Å². The predicted octanol–water partition coefficient (Wildman–Crippen LogP) is 3.47. The number of H-pyrrole nitrogens is 1. The van der Waals surface area contributed by atoms with Crippen LogP contribution in [0.2, 0.25) is 0 Å². The minimum absolute atomic E-state index is 0.194. The van der Waals surface area contributed by atoms with Gasteiger partial charge in [0.1, 0.15) is 5.69 Å². The average Bonchev–Trinajstić information content (AvgIpc) is 3.04. The molecule has 8 heteroatoms. The number of amides is 1. The van der Waals surface area contributed by atoms with E-state index < -0.39 is 0 Å². The molecule has 0 spiro atoms. The number of anilines is 1. The summed E-state index contributed by atoms with van der Waals surface area (Å²) in [7, 11) is 0. The first-order chi connectivity index (χ1) is 13.0. The van der Waals surface area contributed by atoms with E-state index >= 15 is 0 Å². The predicted molar refractivity (Wildman–Crippen MR) is 106 cm³/mol. The Balaban J connectivity index is 1.84. The average molecular weight is 424 g/mol. The number of nitrogens with zero attached hydrogens (tertiary/aromatic N) is 3. The van der Waals surface area contributed by atoms with Gasteiger partial charge >= 0.3 is 0 Å². The van der Waals surface area contributed by atoms with Crippen LogP contribution >= 0.6 is 15.9 Å². The minimum Gasteiger partial charge on any atom is -0.326 e. The molecule has 1 amide bonds. The number of carbonyl (C=O) groups is 1. The number of benzene rings is 2. The maximum Gasteiger partial charge on any atom is 0.289 e. The van der Waals surface area contributed by atoms with Gasteiger partial charge in [-0.05, 0) is 18.2 Å². The zero-order chi connectivity index (χ0) is 19.0. The van der Waals surface area contributed by atoms with E-state index in [0.717, 1.165) is 10.0 Å². The van der Waals surface area contributed by atoms with Crippen molar-refractivity contribution in [2.75, 3.05) is 5.32 Å². The third-order valence-corrected chi connectivity index (χ3v) is 4.50. The number of aromatic nitrogens is 4. The number of carbonyl (C=O) groups excluding carboxylic acids is 1. The molecule has 4 rings (SSSR count). The zero-order valence-corrected chi connectivity index (χ0v) is 15.8. The molecule has 0 aliphatic carbocycles. The summed E-state index contributed by atoms with van der Waals surface area (Å²) in [5, 5.41) is 5.47. The molecule has 27 heavy (non-hydrogen) atoms. The number of rotatable bonds is 3. The fourth-order valence-electron chi connectivity index (χ4n) is 2.78. The second-order valence-electron chi connectivity index (χ2n) is 5.93. The lowest BCUT2D eigenvalue weighted by Gasteiger charge is -2.08. The van der Waals surface area contributed by atoms with Crippen molar-refractivity contribution >= 4 is 33.3 Å². The third kappa shape index (κ3) is 3.39. The van der Waals surface area contributed by atoms with Gasteiger partial charge in [-0.25, -0.2) is 14.5 Å². The van der Waals surface area contributed by atoms with Gasteiger partial charge in [0.15, 0.2) is 0 Å². The highest BCUT2D eigenvalue weighted by molar-refractivity contribution is 9.10. The van der Waals surface area contributed by atoms with E-state index in [1.165, 1.54) is 11.4 Å². The Labute approximate surface area is 162 Å². The van der Waals surface area contributed by atoms with Crippen molar-refractivity contribution in [3.05, 3.63) is 69.6 Å². The van der Waals surface area contributed by atoms with Crippen LogP contribution in [0.5, 0.6) is 0 Å². The topological polar surface area (TPSA) is 92.2 Å². The van der Waals surface area contributed by atoms with Crippen LogP contribution in [0, 0.1) is 0 Å². The number of halogens is 1. The Morgan fingerprint density at radius 3 is 2.59 bits per heavy atom. The highest BCUT2D eigenvalue weighted by atomic mass is 79.9. The number of hydrogen-bond acceptors (Lipinski definition) is 4. The smallest absolute Gasteiger partial charge is 0.289 e. The number of hydrogen-bond donors (Lipinski definition) is 2. The molecule has 0 bridgehead atoms. The Kier molecular flexibility index (Phi) is 4.33. The molecular formula is C19H14BrN5O2. The van der Waals surface area contributed by atoms with Gasteiger partial charge in [-0.15, -0.1) is 0 Å². The van der Waals surface area contributed by atoms with E-state index in [-0.39, 0.29) is 17.2 Å². The monoisotopic (exact) mass is 423 g/mol. The maximum absolute atomic E-state index is 12.6. The molecule has 2 heterocycles. The highest BCUT2D eigenvalue weighted by Crippen LogP contribution is 2.25. The number of fused-ring (bicyclic) bond motifs is 1. The normalized spacial score (nSPS) is 10.9. The molecule has 0 radical (unpaired) electrons. The van der Waals surface area contributed by atoms with Crippen molar-refractivity contribution in [3.63, 3.8) is 0 Å². The van der Waals surface area contributed by atoms with E-state index in [1.807, 2.05) is 24.3 Å². The fraction of sp³-hybridized carbons (Fsp3) is 0.0526. The molecular weight excluding hydrogens is 410 g/mol. The van der Waals surface area contributed by atoms with E-state index in [2.05, 4.69) is 36.3 Å². The number of nitrogens with one attached hydrogen (secondary N) is 2. The summed E-state index contributed by atoms with van der Waals surface area (Å²) < 4.78 is 2.46. The highest BCUT2D eigenvalue weighted by Gasteiger charge is 2.14. The lowest BCUT2D eigenvalue weighted by molar-refractivity contribution is -0.114. The van der Waals surface area contributed by atoms with Gasteiger partial charge in [0.05, 0.1) is 17.6 Å². The Morgan fingerprint density at radius 1 is 1.11 bits per heavy atom. The number of para-hydroxylation sites is 1. The summed E-state index contributed by atoms with van der Waals surface area (Å²) in [5.74, 6) is 0.137. The van der Waals surface area contributed by atoms with Crippen molar-refractivity contribution < 1.29 is 4.79 Å². The lowest BCUT2D eigenvalue weighted by atomic mass is 10.1. The summed E-state index contributed by atoms with van der Waals surface area (Å²) >= 11 is 3.41. The van der Waals surface area contributed by atoms with Crippen LogP contribution in [-0.4, -0.2) is 25.5 Å². The van der Waals surface area contributed by atoms with Gasteiger partial charge in [0, 0.05) is 22.5 Å². The first-order valence-electron chi connectivity index (χ1n) is 8.13. The van der Waals surface area contributed by atoms with E-state index in [9.17, 15) is 9.59 Å². The van der Waals surface area contributed by atoms with Crippen LogP contribution in [0.4, 0.5) is 5.69 Å². The molecule has 0 atom stereocenters. The van der Waals surface area contributed by atoms with Crippen LogP contribution in [0.1, 0.15) is 6.92 Å². The van der Waals surface area contributed by atoms with E-state index in [4.69, 9.17) is 0 Å². The second kappa shape index (κ2) is 6.81. The van der Waals surface area contributed by atoms with Crippen LogP contribution in [0.15, 0.2) is 64.0 Å². The molecule has 7 nitrogen and oxygen atoms in total. The minimum atomic E-state index is -0.375. The van der Waals surface area contributed by atoms with Gasteiger partial charge < -0.3 is 5.32 Å². The summed E-state index contributed by atoms with van der Waals surface area (Å²) in [6.07, 6.45) is 1.72. The molecule has 0 saturated carbocycles. The van der Waals surface area contributed by atoms with Gasteiger partial charge in [-0.2, -0.15) is 0 Å². The molecule has 0 aliphatic heterocycles. The summed E-state index contributed by atoms with van der Waals surface area (Å²) in [5.41, 5.74) is 2.47. The van der Waals surface area contributed by atoms with Crippen LogP contribution in [0.25, 0.3) is 28.3 Å². The molecule has 0 unspecified atom stereocenters. The Hall–Kier alpha value is -3.26. The molecule has 2 aromatic carbocycles. The maximum atomic E-state index is 12.6. The van der Waals surface area contributed by atoms with E-state index in [1.54, 1.807) is 30.5 Å². The van der Waals surface area contributed by atoms with Crippen molar-refractivity contribution in [2.24, 2.45) is 0 Å². The fourth-order valence-corrected chi connectivity index (χ4v) is 3.04. The van der Waals surface area contributed by atoms with Gasteiger partial charge in [-0.1, -0.05) is 46.3 Å². The first-order valence-corrected chi connectivity index (χ1v) is 8.93. The number of aromatic amines is 1. The molecule has 4 aromatic rings. The largest absolute Gasteiger partial charge is 0.326 e. The molecule has 0 fully saturated rings. The number of imidazole rings is 1. The Morgan fingerprint density at radius 2 is 1.85 bits per heavy atom. The molecule has 0 aliphatic rings. The standard InChI is InChI=1S/C19H14BrN5O2/c1-11(26)21-15-5-3-2-4-14(15)17-18(27)24-25-10-16(22-19(25)23-17)12-6-8-13(20)9-7-12/h2-10H,1H3,(H,21,26)(H,24,27). The first kappa shape index (κ1) is 17.2. The zero-order valence-electron chi connectivity index (χ0n) is 14.2. The molecule has 0 saturated heterocycles. The van der Waals surface area contributed by atoms with Crippen molar-refractivity contribution in [3.8, 4) is 22.5 Å². The summed E-state index contributed by atoms with van der Waals surface area (Å²) in [6, 6.07) is 14.7. The second-order valence-corrected chi connectivity index (χ2v) is 6.85. The van der Waals surface area contributed by atoms with Gasteiger partial charge in [-0.3, -0.25) is 14.7 Å². The molecule has 2 N–H and O–H groups in total. The Bertz CT molecular complexity index is 1210. The summed E-state index contributed by atoms with van der Waals surface area (Å²) in [6.45, 7) is 1.41. The van der Waals surface area contributed by atoms with Gasteiger partial charge in [0.2, 0.25) is 11.7 Å².